The average Bonchev–Trinajstić information content (AvgIpc) is 3.31. The predicted molar refractivity (Wildman–Crippen MR) is 183 cm³/mol. The monoisotopic (exact) mass is 625 g/mol. The number of allylic oxidation sites excluding steroid dienone is 4. The first-order valence-electron chi connectivity index (χ1n) is 16.2. The lowest BCUT2D eigenvalue weighted by atomic mass is 9.78. The first kappa shape index (κ1) is 30.3. The van der Waals surface area contributed by atoms with E-state index < -0.39 is 6.16 Å². The molecular formula is C39H37N4O4+. The first-order chi connectivity index (χ1) is 22.9. The molecule has 1 aliphatic carbocycles. The van der Waals surface area contributed by atoms with Gasteiger partial charge in [-0.2, -0.15) is 4.58 Å². The van der Waals surface area contributed by atoms with Crippen molar-refractivity contribution < 1.29 is 23.6 Å². The zero-order valence-electron chi connectivity index (χ0n) is 26.9. The summed E-state index contributed by atoms with van der Waals surface area (Å²) in [4.78, 5) is 15.3. The highest BCUT2D eigenvalue weighted by molar-refractivity contribution is 6.07. The van der Waals surface area contributed by atoms with Crippen molar-refractivity contribution in [2.45, 2.75) is 58.5 Å². The third-order valence-corrected chi connectivity index (χ3v) is 9.58. The van der Waals surface area contributed by atoms with Crippen LogP contribution in [0.15, 0.2) is 107 Å². The van der Waals surface area contributed by atoms with Crippen molar-refractivity contribution in [3.63, 3.8) is 0 Å². The van der Waals surface area contributed by atoms with Gasteiger partial charge in [0.2, 0.25) is 5.69 Å². The van der Waals surface area contributed by atoms with Crippen molar-refractivity contribution >= 4 is 34.0 Å². The van der Waals surface area contributed by atoms with Gasteiger partial charge in [-0.3, -0.25) is 0 Å². The second kappa shape index (κ2) is 12.5. The van der Waals surface area contributed by atoms with Gasteiger partial charge in [0.1, 0.15) is 30.4 Å². The molecule has 47 heavy (non-hydrogen) atoms. The number of hydrogen-bond acceptors (Lipinski definition) is 5. The predicted octanol–water partition coefficient (Wildman–Crippen LogP) is 10.1. The second-order valence-corrected chi connectivity index (χ2v) is 12.8. The highest BCUT2D eigenvalue weighted by Crippen LogP contribution is 2.45. The van der Waals surface area contributed by atoms with Crippen LogP contribution in [-0.4, -0.2) is 23.0 Å². The van der Waals surface area contributed by atoms with Crippen molar-refractivity contribution in [1.29, 1.82) is 0 Å². The summed E-state index contributed by atoms with van der Waals surface area (Å²) in [6, 6.07) is 25.5. The molecule has 0 aromatic heterocycles. The smallest absolute Gasteiger partial charge is 0.461 e. The molecule has 0 radical (unpaired) electrons. The van der Waals surface area contributed by atoms with Crippen LogP contribution in [0.3, 0.4) is 0 Å². The van der Waals surface area contributed by atoms with Crippen LogP contribution in [0.25, 0.3) is 21.2 Å². The summed E-state index contributed by atoms with van der Waals surface area (Å²) in [5, 5.41) is 6.13. The highest BCUT2D eigenvalue weighted by atomic mass is 16.7. The number of hydrogen-bond donors (Lipinski definition) is 0. The third kappa shape index (κ3) is 5.77. The maximum atomic E-state index is 12.5. The van der Waals surface area contributed by atoms with E-state index in [1.807, 2.05) is 6.07 Å². The Balaban J connectivity index is 1.10. The second-order valence-electron chi connectivity index (χ2n) is 12.8. The fraction of sp³-hybridized carbons (Fsp3) is 0.282. The van der Waals surface area contributed by atoms with Gasteiger partial charge < -0.3 is 14.2 Å². The SMILES string of the molecule is CC[N+]1=C(/C=C/C2=C3Oc4cc(OC(=O)OCc5ccc(N=[N+]=[N-])cc5)ccc4CC3CCC2)C(C)(C)c2c1ccc1ccccc21. The van der Waals surface area contributed by atoms with E-state index in [1.165, 1.54) is 33.3 Å². The summed E-state index contributed by atoms with van der Waals surface area (Å²) < 4.78 is 19.9. The fourth-order valence-corrected chi connectivity index (χ4v) is 7.34. The van der Waals surface area contributed by atoms with Crippen molar-refractivity contribution in [2.24, 2.45) is 11.0 Å². The molecule has 4 aromatic rings. The van der Waals surface area contributed by atoms with Crippen LogP contribution in [0, 0.1) is 5.92 Å². The van der Waals surface area contributed by atoms with Gasteiger partial charge >= 0.3 is 6.16 Å². The number of fused-ring (bicyclic) bond motifs is 5. The number of ether oxygens (including phenoxy) is 3. The van der Waals surface area contributed by atoms with Crippen LogP contribution in [0.1, 0.15) is 56.7 Å². The lowest BCUT2D eigenvalue weighted by Crippen LogP contribution is -2.28. The molecule has 0 saturated carbocycles. The molecule has 0 fully saturated rings. The molecule has 0 N–H and O–H groups in total. The molecule has 0 amide bonds. The number of azide groups is 1. The van der Waals surface area contributed by atoms with Crippen molar-refractivity contribution in [1.82, 2.24) is 0 Å². The average molecular weight is 626 g/mol. The molecule has 7 rings (SSSR count). The first-order valence-corrected chi connectivity index (χ1v) is 16.2. The molecule has 0 saturated heterocycles. The van der Waals surface area contributed by atoms with E-state index in [-0.39, 0.29) is 12.0 Å². The Kier molecular flexibility index (Phi) is 8.04. The van der Waals surface area contributed by atoms with Gasteiger partial charge in [0.25, 0.3) is 0 Å². The number of carbonyl (C=O) groups is 1. The molecule has 0 bridgehead atoms. The molecule has 0 spiro atoms. The Morgan fingerprint density at radius 1 is 1.09 bits per heavy atom. The van der Waals surface area contributed by atoms with E-state index in [0.717, 1.165) is 49.1 Å². The van der Waals surface area contributed by atoms with Crippen LogP contribution in [0.2, 0.25) is 0 Å². The molecule has 1 unspecified atom stereocenters. The van der Waals surface area contributed by atoms with Gasteiger partial charge in [-0.25, -0.2) is 4.79 Å². The van der Waals surface area contributed by atoms with Crippen molar-refractivity contribution in [2.75, 3.05) is 6.54 Å². The lowest BCUT2D eigenvalue weighted by Gasteiger charge is -2.32. The maximum Gasteiger partial charge on any atom is 0.514 e. The van der Waals surface area contributed by atoms with E-state index in [9.17, 15) is 4.79 Å². The van der Waals surface area contributed by atoms with Crippen molar-refractivity contribution in [3.05, 3.63) is 129 Å². The molecular weight excluding hydrogens is 588 g/mol. The Morgan fingerprint density at radius 3 is 2.72 bits per heavy atom. The molecule has 3 aliphatic rings. The normalized spacial score (nSPS) is 17.9. The molecule has 1 atom stereocenters. The lowest BCUT2D eigenvalue weighted by molar-refractivity contribution is -0.433. The zero-order valence-corrected chi connectivity index (χ0v) is 26.9. The largest absolute Gasteiger partial charge is 0.514 e. The minimum absolute atomic E-state index is 0.0354. The van der Waals surface area contributed by atoms with Crippen LogP contribution in [0.4, 0.5) is 16.2 Å². The Morgan fingerprint density at radius 2 is 1.91 bits per heavy atom. The van der Waals surface area contributed by atoms with Gasteiger partial charge in [0.05, 0.1) is 5.41 Å². The fourth-order valence-electron chi connectivity index (χ4n) is 7.34. The topological polar surface area (TPSA) is 96.5 Å². The van der Waals surface area contributed by atoms with Gasteiger partial charge in [0, 0.05) is 40.3 Å². The third-order valence-electron chi connectivity index (χ3n) is 9.58. The van der Waals surface area contributed by atoms with Crippen LogP contribution < -0.4 is 9.47 Å². The Labute approximate surface area is 274 Å². The summed E-state index contributed by atoms with van der Waals surface area (Å²) in [5.41, 5.74) is 15.9. The minimum atomic E-state index is -0.802. The van der Waals surface area contributed by atoms with Gasteiger partial charge in [0.15, 0.2) is 5.71 Å². The quantitative estimate of drug-likeness (QED) is 0.0510. The Hall–Kier alpha value is -5.33. The van der Waals surface area contributed by atoms with E-state index in [2.05, 4.69) is 83.9 Å². The number of carbonyl (C=O) groups excluding carboxylic acids is 1. The summed E-state index contributed by atoms with van der Waals surface area (Å²) in [7, 11) is 0. The van der Waals surface area contributed by atoms with Crippen LogP contribution >= 0.6 is 0 Å². The van der Waals surface area contributed by atoms with E-state index >= 15 is 0 Å². The molecule has 8 heteroatoms. The van der Waals surface area contributed by atoms with E-state index in [1.54, 1.807) is 36.4 Å². The summed E-state index contributed by atoms with van der Waals surface area (Å²) in [6.07, 6.45) is 7.83. The molecule has 4 aromatic carbocycles. The summed E-state index contributed by atoms with van der Waals surface area (Å²) >= 11 is 0. The summed E-state index contributed by atoms with van der Waals surface area (Å²) in [6.45, 7) is 7.80. The van der Waals surface area contributed by atoms with Gasteiger partial charge in [-0.15, -0.1) is 0 Å². The van der Waals surface area contributed by atoms with Gasteiger partial charge in [-0.05, 0) is 97.7 Å². The van der Waals surface area contributed by atoms with E-state index in [0.29, 0.717) is 23.1 Å². The number of benzene rings is 4. The summed E-state index contributed by atoms with van der Waals surface area (Å²) in [5.74, 6) is 2.42. The van der Waals surface area contributed by atoms with Crippen LogP contribution in [0.5, 0.6) is 11.5 Å². The Bertz CT molecular complexity index is 2030. The number of nitrogens with zero attached hydrogens (tertiary/aromatic N) is 4. The van der Waals surface area contributed by atoms with Gasteiger partial charge in [-0.1, -0.05) is 59.7 Å². The number of rotatable bonds is 7. The maximum absolute atomic E-state index is 12.5. The molecule has 2 aliphatic heterocycles. The van der Waals surface area contributed by atoms with Crippen LogP contribution in [-0.2, 0) is 23.2 Å². The van der Waals surface area contributed by atoms with Crippen molar-refractivity contribution in [3.8, 4) is 11.5 Å². The molecule has 236 valence electrons. The van der Waals surface area contributed by atoms with E-state index in [4.69, 9.17) is 19.7 Å². The molecule has 8 nitrogen and oxygen atoms in total. The molecule has 2 heterocycles. The highest BCUT2D eigenvalue weighted by Gasteiger charge is 2.45. The standard InChI is InChI=1S/C39H37N4O4/c1-4-43-33-20-15-26-8-5-6-11-32(26)36(33)39(2,3)35(43)21-16-27-9-7-10-29-22-28-14-19-31(23-34(28)47-37(27)29)46-38(44)45-24-25-12-17-30(18-13-25)41-42-40/h5-6,8,11-21,23,29H,4,7,9-10,22,24H2,1-3H3/q+1/b21-16+. The zero-order chi connectivity index (χ0) is 32.5. The minimum Gasteiger partial charge on any atom is -0.461 e.